The molecule has 3 heteroatoms. The Labute approximate surface area is 120 Å². The van der Waals surface area contributed by atoms with Gasteiger partial charge in [-0.25, -0.2) is 0 Å². The Morgan fingerprint density at radius 2 is 2.00 bits per heavy atom. The van der Waals surface area contributed by atoms with Gasteiger partial charge in [0.15, 0.2) is 0 Å². The monoisotopic (exact) mass is 279 g/mol. The van der Waals surface area contributed by atoms with Crippen molar-refractivity contribution in [3.63, 3.8) is 0 Å². The molecule has 0 amide bonds. The maximum atomic E-state index is 10.5. The third-order valence-electron chi connectivity index (χ3n) is 4.77. The van der Waals surface area contributed by atoms with Crippen LogP contribution in [0.2, 0.25) is 5.02 Å². The lowest BCUT2D eigenvalue weighted by Gasteiger charge is -2.28. The molecule has 1 atom stereocenters. The first-order valence-corrected chi connectivity index (χ1v) is 7.78. The molecule has 1 unspecified atom stereocenters. The molecule has 104 valence electrons. The van der Waals surface area contributed by atoms with E-state index in [1.165, 1.54) is 30.4 Å². The van der Waals surface area contributed by atoms with Crippen molar-refractivity contribution in [2.24, 2.45) is 0 Å². The highest BCUT2D eigenvalue weighted by molar-refractivity contribution is 6.33. The van der Waals surface area contributed by atoms with Crippen molar-refractivity contribution in [3.05, 3.63) is 27.8 Å². The van der Waals surface area contributed by atoms with Crippen molar-refractivity contribution in [3.8, 4) is 5.75 Å². The van der Waals surface area contributed by atoms with E-state index in [1.807, 2.05) is 0 Å². The van der Waals surface area contributed by atoms with Gasteiger partial charge in [0.1, 0.15) is 5.75 Å². The van der Waals surface area contributed by atoms with Gasteiger partial charge in [0, 0.05) is 11.1 Å². The highest BCUT2D eigenvalue weighted by atomic mass is 35.5. The molecule has 2 N–H and O–H groups in total. The second-order valence-corrected chi connectivity index (χ2v) is 6.53. The number of hydrogen-bond donors (Lipinski definition) is 2. The summed E-state index contributed by atoms with van der Waals surface area (Å²) in [4.78, 5) is 0. The zero-order valence-corrected chi connectivity index (χ0v) is 12.3. The lowest BCUT2D eigenvalue weighted by atomic mass is 9.86. The first-order chi connectivity index (χ1) is 9.12. The molecule has 1 fully saturated rings. The van der Waals surface area contributed by atoms with Crippen LogP contribution in [0.15, 0.2) is 6.07 Å². The lowest BCUT2D eigenvalue weighted by molar-refractivity contribution is 0.394. The quantitative estimate of drug-likeness (QED) is 0.764. The molecule has 0 aromatic heterocycles. The summed E-state index contributed by atoms with van der Waals surface area (Å²) in [5.41, 5.74) is 3.41. The van der Waals surface area contributed by atoms with Crippen LogP contribution in [0.25, 0.3) is 0 Å². The molecule has 1 aromatic rings. The van der Waals surface area contributed by atoms with Crippen LogP contribution < -0.4 is 5.32 Å². The van der Waals surface area contributed by atoms with Gasteiger partial charge in [-0.2, -0.15) is 0 Å². The molecule has 3 rings (SSSR count). The minimum absolute atomic E-state index is 0.116. The van der Waals surface area contributed by atoms with E-state index in [0.29, 0.717) is 10.8 Å². The molecule has 1 aliphatic heterocycles. The average Bonchev–Trinajstić information content (AvgIpc) is 2.70. The summed E-state index contributed by atoms with van der Waals surface area (Å²) in [6, 6.07) is 2.21. The molecule has 2 aliphatic rings. The number of benzene rings is 1. The van der Waals surface area contributed by atoms with Gasteiger partial charge in [-0.05, 0) is 69.2 Å². The number of phenolic OH excluding ortho intramolecular Hbond substituents is 1. The van der Waals surface area contributed by atoms with E-state index in [1.54, 1.807) is 0 Å². The summed E-state index contributed by atoms with van der Waals surface area (Å²) in [5, 5.41) is 14.6. The number of aryl methyl sites for hydroxylation is 1. The summed E-state index contributed by atoms with van der Waals surface area (Å²) in [6.45, 7) is 3.19. The maximum absolute atomic E-state index is 10.5. The van der Waals surface area contributed by atoms with Crippen molar-refractivity contribution in [1.82, 2.24) is 5.32 Å². The highest BCUT2D eigenvalue weighted by Crippen LogP contribution is 2.43. The molecule has 0 saturated carbocycles. The third-order valence-corrected chi connectivity index (χ3v) is 5.18. The Kier molecular flexibility index (Phi) is 3.48. The number of fused-ring (bicyclic) bond motifs is 1. The number of halogens is 1. The average molecular weight is 280 g/mol. The third kappa shape index (κ3) is 2.25. The maximum Gasteiger partial charge on any atom is 0.139 e. The van der Waals surface area contributed by atoms with Crippen LogP contribution in [-0.2, 0) is 18.4 Å². The van der Waals surface area contributed by atoms with E-state index in [9.17, 15) is 5.11 Å². The Morgan fingerprint density at radius 1 is 1.21 bits per heavy atom. The Bertz CT molecular complexity index is 492. The van der Waals surface area contributed by atoms with Crippen molar-refractivity contribution in [1.29, 1.82) is 0 Å². The van der Waals surface area contributed by atoms with E-state index in [-0.39, 0.29) is 5.54 Å². The molecule has 1 saturated heterocycles. The molecule has 1 aliphatic carbocycles. The Balaban J connectivity index is 2.11. The lowest BCUT2D eigenvalue weighted by Crippen LogP contribution is -2.33. The number of phenols is 1. The topological polar surface area (TPSA) is 32.3 Å². The first kappa shape index (κ1) is 13.3. The van der Waals surface area contributed by atoms with Crippen LogP contribution >= 0.6 is 11.6 Å². The summed E-state index contributed by atoms with van der Waals surface area (Å²) in [5.74, 6) is 0.305. The van der Waals surface area contributed by atoms with Crippen LogP contribution in [0, 0.1) is 0 Å². The van der Waals surface area contributed by atoms with Crippen LogP contribution in [-0.4, -0.2) is 11.7 Å². The molecular formula is C16H22ClNO. The zero-order chi connectivity index (χ0) is 13.5. The molecule has 19 heavy (non-hydrogen) atoms. The fourth-order valence-electron chi connectivity index (χ4n) is 3.56. The van der Waals surface area contributed by atoms with Gasteiger partial charge < -0.3 is 10.4 Å². The molecule has 0 radical (unpaired) electrons. The van der Waals surface area contributed by atoms with E-state index < -0.39 is 0 Å². The molecule has 1 aromatic carbocycles. The van der Waals surface area contributed by atoms with Gasteiger partial charge in [0.25, 0.3) is 0 Å². The van der Waals surface area contributed by atoms with E-state index >= 15 is 0 Å². The summed E-state index contributed by atoms with van der Waals surface area (Å²) in [7, 11) is 0. The molecule has 0 spiro atoms. The van der Waals surface area contributed by atoms with Crippen LogP contribution in [0.1, 0.15) is 55.7 Å². The number of nitrogens with one attached hydrogen (secondary N) is 1. The fourth-order valence-corrected chi connectivity index (χ4v) is 3.88. The fraction of sp³-hybridized carbons (Fsp3) is 0.625. The summed E-state index contributed by atoms with van der Waals surface area (Å²) in [6.07, 6.45) is 8.00. The van der Waals surface area contributed by atoms with Gasteiger partial charge in [-0.15, -0.1) is 0 Å². The van der Waals surface area contributed by atoms with Gasteiger partial charge >= 0.3 is 0 Å². The van der Waals surface area contributed by atoms with Gasteiger partial charge in [-0.1, -0.05) is 18.0 Å². The van der Waals surface area contributed by atoms with Crippen LogP contribution in [0.5, 0.6) is 5.75 Å². The van der Waals surface area contributed by atoms with E-state index in [4.69, 9.17) is 11.6 Å². The van der Waals surface area contributed by atoms with Crippen LogP contribution in [0.4, 0.5) is 0 Å². The molecule has 2 nitrogen and oxygen atoms in total. The smallest absolute Gasteiger partial charge is 0.139 e. The number of hydrogen-bond acceptors (Lipinski definition) is 2. The first-order valence-electron chi connectivity index (χ1n) is 7.40. The molecular weight excluding hydrogens is 258 g/mol. The largest absolute Gasteiger partial charge is 0.506 e. The second-order valence-electron chi connectivity index (χ2n) is 6.15. The van der Waals surface area contributed by atoms with E-state index in [2.05, 4.69) is 18.3 Å². The standard InChI is InChI=1S/C16H22ClNO/c1-16(8-5-9-18-16)13-10-11-6-3-2-4-7-12(11)14(17)15(13)19/h10,18-19H,2-9H2,1H3. The molecule has 0 bridgehead atoms. The predicted octanol–water partition coefficient (Wildman–Crippen LogP) is 3.91. The van der Waals surface area contributed by atoms with Gasteiger partial charge in [-0.3, -0.25) is 0 Å². The minimum Gasteiger partial charge on any atom is -0.506 e. The zero-order valence-electron chi connectivity index (χ0n) is 11.6. The number of rotatable bonds is 1. The summed E-state index contributed by atoms with van der Waals surface area (Å²) >= 11 is 6.45. The normalized spacial score (nSPS) is 27.1. The number of aromatic hydroxyl groups is 1. The molecule has 1 heterocycles. The minimum atomic E-state index is -0.116. The Morgan fingerprint density at radius 3 is 2.74 bits per heavy atom. The van der Waals surface area contributed by atoms with Crippen molar-refractivity contribution in [2.75, 3.05) is 6.54 Å². The van der Waals surface area contributed by atoms with Crippen LogP contribution in [0.3, 0.4) is 0 Å². The summed E-state index contributed by atoms with van der Waals surface area (Å²) < 4.78 is 0. The van der Waals surface area contributed by atoms with E-state index in [0.717, 1.165) is 37.8 Å². The van der Waals surface area contributed by atoms with Gasteiger partial charge in [0.05, 0.1) is 5.02 Å². The van der Waals surface area contributed by atoms with Crippen molar-refractivity contribution < 1.29 is 5.11 Å². The van der Waals surface area contributed by atoms with Crippen molar-refractivity contribution >= 4 is 11.6 Å². The highest BCUT2D eigenvalue weighted by Gasteiger charge is 2.34. The Hall–Kier alpha value is -0.730. The SMILES string of the molecule is CC1(c2cc3c(c(Cl)c2O)CCCCC3)CCCN1. The van der Waals surface area contributed by atoms with Gasteiger partial charge in [0.2, 0.25) is 0 Å². The second kappa shape index (κ2) is 4.99. The predicted molar refractivity (Wildman–Crippen MR) is 79.0 cm³/mol. The van der Waals surface area contributed by atoms with Crippen molar-refractivity contribution in [2.45, 2.75) is 57.4 Å².